The Morgan fingerprint density at radius 1 is 0.188 bits per heavy atom. The van der Waals surface area contributed by atoms with Gasteiger partial charge in [0.25, 0.3) is 0 Å². The molecule has 2 heterocycles. The summed E-state index contributed by atoms with van der Waals surface area (Å²) in [5.74, 6) is 0. The zero-order valence-corrected chi connectivity index (χ0v) is 37.6. The van der Waals surface area contributed by atoms with Crippen molar-refractivity contribution in [2.45, 2.75) is 5.41 Å². The molecule has 1 spiro atoms. The Labute approximate surface area is 402 Å². The maximum Gasteiger partial charge on any atom is 0.0725 e. The third kappa shape index (κ3) is 5.20. The average Bonchev–Trinajstić information content (AvgIpc) is 3.49. The molecule has 320 valence electrons. The molecule has 2 aliphatic carbocycles. The molecule has 0 atom stereocenters. The van der Waals surface area contributed by atoms with Crippen molar-refractivity contribution in [2.75, 3.05) is 9.80 Å². The van der Waals surface area contributed by atoms with Gasteiger partial charge in [0.2, 0.25) is 0 Å². The van der Waals surface area contributed by atoms with Crippen molar-refractivity contribution < 1.29 is 0 Å². The SMILES string of the molecule is c1ccc2c(c1)-c1ccccc1N(c1ccc3c(c1)-c1cc(N4c5ccccc5-c5ccccc5-c5ccccc54)ccc1C31c3ccccc3-c3ccccc3-c3ccccc31)c1ccccc1-2. The Bertz CT molecular complexity index is 3560. The molecule has 4 aliphatic rings. The van der Waals surface area contributed by atoms with Crippen molar-refractivity contribution in [1.82, 2.24) is 0 Å². The number of hydrogen-bond acceptors (Lipinski definition) is 2. The molecule has 69 heavy (non-hydrogen) atoms. The van der Waals surface area contributed by atoms with Crippen molar-refractivity contribution in [1.29, 1.82) is 0 Å². The molecule has 0 bridgehead atoms. The Kier molecular flexibility index (Phi) is 8.02. The maximum absolute atomic E-state index is 2.50. The van der Waals surface area contributed by atoms with E-state index in [4.69, 9.17) is 0 Å². The van der Waals surface area contributed by atoms with E-state index in [0.717, 1.165) is 34.1 Å². The molecule has 0 saturated carbocycles. The first-order valence-electron chi connectivity index (χ1n) is 24.0. The quantitative estimate of drug-likeness (QED) is 0.171. The number of nitrogens with zero attached hydrogens (tertiary/aromatic N) is 2. The van der Waals surface area contributed by atoms with Crippen LogP contribution in [0.15, 0.2) is 255 Å². The summed E-state index contributed by atoms with van der Waals surface area (Å²) in [4.78, 5) is 5.01. The van der Waals surface area contributed by atoms with E-state index < -0.39 is 5.41 Å². The second-order valence-electron chi connectivity index (χ2n) is 18.7. The van der Waals surface area contributed by atoms with Gasteiger partial charge in [-0.05, 0) is 126 Å². The second kappa shape index (κ2) is 14.5. The highest BCUT2D eigenvalue weighted by Gasteiger charge is 2.50. The molecule has 0 aromatic heterocycles. The highest BCUT2D eigenvalue weighted by Crippen LogP contribution is 2.64. The smallest absolute Gasteiger partial charge is 0.0725 e. The summed E-state index contributed by atoms with van der Waals surface area (Å²) >= 11 is 0. The summed E-state index contributed by atoms with van der Waals surface area (Å²) in [6.45, 7) is 0. The summed E-state index contributed by atoms with van der Waals surface area (Å²) in [6, 6.07) is 95.5. The van der Waals surface area contributed by atoms with Crippen LogP contribution in [0.3, 0.4) is 0 Å². The van der Waals surface area contributed by atoms with Crippen LogP contribution in [0.5, 0.6) is 0 Å². The van der Waals surface area contributed by atoms with E-state index >= 15 is 0 Å². The lowest BCUT2D eigenvalue weighted by atomic mass is 9.66. The van der Waals surface area contributed by atoms with E-state index in [1.807, 2.05) is 0 Å². The fourth-order valence-electron chi connectivity index (χ4n) is 12.7. The minimum absolute atomic E-state index is 0.635. The summed E-state index contributed by atoms with van der Waals surface area (Å²) in [5.41, 5.74) is 28.7. The standard InChI is InChI=1S/C67H42N2/c1-2-20-46-45(19-1)51-25-7-13-31-59(51)67(60-32-14-8-26-52(46)60)61-39-37-43(68-63-33-15-9-27-53(63)47-21-3-4-22-48(47)54-28-10-16-34-64(54)68)41-57(61)58-42-44(38-40-62(58)67)69-65-35-17-11-29-55(65)49-23-5-6-24-50(49)56-30-12-18-36-66(56)69/h1-42H. The first kappa shape index (κ1) is 38.2. The van der Waals surface area contributed by atoms with Gasteiger partial charge in [-0.25, -0.2) is 0 Å². The van der Waals surface area contributed by atoms with Crippen molar-refractivity contribution in [3.63, 3.8) is 0 Å². The molecule has 0 radical (unpaired) electrons. The van der Waals surface area contributed by atoms with Crippen molar-refractivity contribution >= 4 is 34.1 Å². The van der Waals surface area contributed by atoms with Gasteiger partial charge >= 0.3 is 0 Å². The lowest BCUT2D eigenvalue weighted by Crippen LogP contribution is -2.29. The Morgan fingerprint density at radius 3 is 0.739 bits per heavy atom. The van der Waals surface area contributed by atoms with Crippen LogP contribution in [0.2, 0.25) is 0 Å². The van der Waals surface area contributed by atoms with Gasteiger partial charge in [0.15, 0.2) is 0 Å². The summed E-state index contributed by atoms with van der Waals surface area (Å²) in [7, 11) is 0. The highest BCUT2D eigenvalue weighted by atomic mass is 15.2. The van der Waals surface area contributed by atoms with Crippen LogP contribution >= 0.6 is 0 Å². The average molecular weight is 875 g/mol. The maximum atomic E-state index is 2.50. The molecule has 0 fully saturated rings. The van der Waals surface area contributed by atoms with Crippen molar-refractivity contribution in [3.05, 3.63) is 277 Å². The van der Waals surface area contributed by atoms with Crippen LogP contribution in [0.1, 0.15) is 22.3 Å². The number of anilines is 6. The molecule has 2 heteroatoms. The van der Waals surface area contributed by atoms with E-state index in [1.165, 1.54) is 100 Å². The highest BCUT2D eigenvalue weighted by molar-refractivity contribution is 6.06. The fourth-order valence-corrected chi connectivity index (χ4v) is 12.7. The van der Waals surface area contributed by atoms with Gasteiger partial charge in [-0.2, -0.15) is 0 Å². The Morgan fingerprint density at radius 2 is 0.420 bits per heavy atom. The van der Waals surface area contributed by atoms with Crippen LogP contribution in [0, 0.1) is 0 Å². The Hall–Kier alpha value is -8.98. The van der Waals surface area contributed by atoms with Gasteiger partial charge in [0.1, 0.15) is 0 Å². The minimum atomic E-state index is -0.635. The second-order valence-corrected chi connectivity index (χ2v) is 18.7. The predicted molar refractivity (Wildman–Crippen MR) is 286 cm³/mol. The monoisotopic (exact) mass is 874 g/mol. The summed E-state index contributed by atoms with van der Waals surface area (Å²) in [6.07, 6.45) is 0. The van der Waals surface area contributed by atoms with Crippen LogP contribution in [-0.4, -0.2) is 0 Å². The van der Waals surface area contributed by atoms with Crippen molar-refractivity contribution in [2.24, 2.45) is 0 Å². The number of rotatable bonds is 2. The lowest BCUT2D eigenvalue weighted by Gasteiger charge is -2.36. The molecular weight excluding hydrogens is 833 g/mol. The van der Waals surface area contributed by atoms with Crippen LogP contribution < -0.4 is 9.80 Å². The Balaban J connectivity index is 1.05. The van der Waals surface area contributed by atoms with E-state index in [0.29, 0.717) is 0 Å². The van der Waals surface area contributed by atoms with E-state index in [9.17, 15) is 0 Å². The lowest BCUT2D eigenvalue weighted by molar-refractivity contribution is 0.775. The van der Waals surface area contributed by atoms with Gasteiger partial charge in [-0.15, -0.1) is 0 Å². The molecule has 2 aliphatic heterocycles. The van der Waals surface area contributed by atoms with Gasteiger partial charge in [-0.3, -0.25) is 0 Å². The van der Waals surface area contributed by atoms with Crippen molar-refractivity contribution in [3.8, 4) is 77.9 Å². The number of fused-ring (bicyclic) bond motifs is 22. The first-order chi connectivity index (χ1) is 34.3. The molecule has 15 rings (SSSR count). The first-order valence-corrected chi connectivity index (χ1v) is 24.0. The molecule has 11 aromatic carbocycles. The molecular formula is C67H42N2. The van der Waals surface area contributed by atoms with E-state index in [1.54, 1.807) is 0 Å². The van der Waals surface area contributed by atoms with Gasteiger partial charge in [-0.1, -0.05) is 206 Å². The molecule has 11 aromatic rings. The third-order valence-electron chi connectivity index (χ3n) is 15.4. The molecule has 0 N–H and O–H groups in total. The topological polar surface area (TPSA) is 6.48 Å². The predicted octanol–water partition coefficient (Wildman–Crippen LogP) is 17.9. The van der Waals surface area contributed by atoms with Crippen LogP contribution in [0.25, 0.3) is 77.9 Å². The third-order valence-corrected chi connectivity index (χ3v) is 15.4. The number of para-hydroxylation sites is 4. The number of hydrogen-bond donors (Lipinski definition) is 0. The largest absolute Gasteiger partial charge is 0.309 e. The summed E-state index contributed by atoms with van der Waals surface area (Å²) < 4.78 is 0. The zero-order chi connectivity index (χ0) is 45.2. The van der Waals surface area contributed by atoms with E-state index in [-0.39, 0.29) is 0 Å². The molecule has 0 amide bonds. The summed E-state index contributed by atoms with van der Waals surface area (Å²) in [5, 5.41) is 0. The number of benzene rings is 11. The molecule has 2 nitrogen and oxygen atoms in total. The minimum Gasteiger partial charge on any atom is -0.309 e. The van der Waals surface area contributed by atoms with E-state index in [2.05, 4.69) is 265 Å². The van der Waals surface area contributed by atoms with Gasteiger partial charge in [0.05, 0.1) is 28.2 Å². The van der Waals surface area contributed by atoms with Crippen LogP contribution in [-0.2, 0) is 5.41 Å². The van der Waals surface area contributed by atoms with Gasteiger partial charge in [0, 0.05) is 33.6 Å². The van der Waals surface area contributed by atoms with Gasteiger partial charge < -0.3 is 9.80 Å². The molecule has 0 unspecified atom stereocenters. The zero-order valence-electron chi connectivity index (χ0n) is 37.6. The van der Waals surface area contributed by atoms with Crippen LogP contribution in [0.4, 0.5) is 34.1 Å². The fraction of sp³-hybridized carbons (Fsp3) is 0.0149. The normalized spacial score (nSPS) is 13.6. The molecule has 0 saturated heterocycles.